The lowest BCUT2D eigenvalue weighted by Crippen LogP contribution is -2.56. The summed E-state index contributed by atoms with van der Waals surface area (Å²) in [5.41, 5.74) is 3.01. The van der Waals surface area contributed by atoms with E-state index >= 15 is 0 Å². The van der Waals surface area contributed by atoms with Crippen LogP contribution in [-0.4, -0.2) is 46.5 Å². The maximum absolute atomic E-state index is 9.96. The average Bonchev–Trinajstić information content (AvgIpc) is 2.62. The summed E-state index contributed by atoms with van der Waals surface area (Å²) in [5.74, 6) is 1.27. The number of aromatic nitrogens is 2. The van der Waals surface area contributed by atoms with Crippen molar-refractivity contribution in [2.45, 2.75) is 46.0 Å². The minimum Gasteiger partial charge on any atom is -0.486 e. The highest BCUT2D eigenvalue weighted by molar-refractivity contribution is 5.35. The van der Waals surface area contributed by atoms with Crippen LogP contribution in [0, 0.1) is 13.8 Å². The molecule has 1 saturated heterocycles. The zero-order valence-electron chi connectivity index (χ0n) is 15.9. The van der Waals surface area contributed by atoms with E-state index in [4.69, 9.17) is 9.47 Å². The van der Waals surface area contributed by atoms with Gasteiger partial charge in [-0.15, -0.1) is 0 Å². The predicted octanol–water partition coefficient (Wildman–Crippen LogP) is 2.65. The largest absolute Gasteiger partial charge is 0.486 e. The van der Waals surface area contributed by atoms with Gasteiger partial charge in [0.05, 0.1) is 31.6 Å². The Kier molecular flexibility index (Phi) is 5.44. The zero-order valence-corrected chi connectivity index (χ0v) is 15.9. The van der Waals surface area contributed by atoms with Crippen LogP contribution in [0.1, 0.15) is 30.5 Å². The number of anilines is 1. The molecule has 0 aliphatic carbocycles. The molecule has 2 heterocycles. The van der Waals surface area contributed by atoms with Crippen LogP contribution in [0.5, 0.6) is 5.75 Å². The van der Waals surface area contributed by atoms with Crippen LogP contribution < -0.4 is 9.64 Å². The van der Waals surface area contributed by atoms with E-state index in [2.05, 4.69) is 42.0 Å². The number of benzene rings is 1. The molecule has 1 N–H and O–H groups in total. The fraction of sp³-hybridized carbons (Fsp3) is 0.500. The van der Waals surface area contributed by atoms with E-state index in [0.717, 1.165) is 0 Å². The third-order valence-electron chi connectivity index (χ3n) is 5.11. The summed E-state index contributed by atoms with van der Waals surface area (Å²) < 4.78 is 11.6. The first-order valence-corrected chi connectivity index (χ1v) is 8.96. The third-order valence-corrected chi connectivity index (χ3v) is 5.11. The zero-order chi connectivity index (χ0) is 18.7. The highest BCUT2D eigenvalue weighted by atomic mass is 16.5. The number of aryl methyl sites for hydroxylation is 2. The van der Waals surface area contributed by atoms with E-state index in [9.17, 15) is 5.11 Å². The molecule has 6 nitrogen and oxygen atoms in total. The van der Waals surface area contributed by atoms with Crippen LogP contribution in [0.4, 0.5) is 5.95 Å². The second-order valence-electron chi connectivity index (χ2n) is 7.14. The Hall–Kier alpha value is -2.18. The summed E-state index contributed by atoms with van der Waals surface area (Å²) in [6, 6.07) is 6.22. The molecule has 0 bridgehead atoms. The second-order valence-corrected chi connectivity index (χ2v) is 7.14. The second kappa shape index (κ2) is 7.60. The summed E-state index contributed by atoms with van der Waals surface area (Å²) in [6.07, 6.45) is 2.83. The molecule has 1 fully saturated rings. The molecule has 0 unspecified atom stereocenters. The van der Waals surface area contributed by atoms with Gasteiger partial charge in [0.2, 0.25) is 5.95 Å². The monoisotopic (exact) mass is 357 g/mol. The molecule has 3 rings (SSSR count). The average molecular weight is 357 g/mol. The SMILES string of the molecule is Cc1cccc(C)c1COc1cnc(N2CCO[C@](C)([C@@H](C)O)C2)nc1. The van der Waals surface area contributed by atoms with Gasteiger partial charge in [-0.1, -0.05) is 18.2 Å². The van der Waals surface area contributed by atoms with Gasteiger partial charge in [0.25, 0.3) is 0 Å². The molecular formula is C20H27N3O3. The van der Waals surface area contributed by atoms with Gasteiger partial charge in [-0.2, -0.15) is 0 Å². The fourth-order valence-corrected chi connectivity index (χ4v) is 3.10. The van der Waals surface area contributed by atoms with Crippen molar-refractivity contribution in [2.24, 2.45) is 0 Å². The standard InChI is InChI=1S/C20H27N3O3/c1-14-6-5-7-15(2)18(14)12-25-17-10-21-19(22-11-17)23-8-9-26-20(4,13-23)16(3)24/h5-7,10-11,16,24H,8-9,12-13H2,1-4H3/t16-,20+/m1/s1. The van der Waals surface area contributed by atoms with Gasteiger partial charge < -0.3 is 19.5 Å². The summed E-state index contributed by atoms with van der Waals surface area (Å²) in [6.45, 7) is 10.1. The quantitative estimate of drug-likeness (QED) is 0.887. The number of ether oxygens (including phenoxy) is 2. The van der Waals surface area contributed by atoms with Crippen molar-refractivity contribution in [3.05, 3.63) is 47.3 Å². The van der Waals surface area contributed by atoms with Crippen molar-refractivity contribution >= 4 is 5.95 Å². The number of aliphatic hydroxyl groups excluding tert-OH is 1. The van der Waals surface area contributed by atoms with E-state index in [1.807, 2.05) is 11.8 Å². The lowest BCUT2D eigenvalue weighted by molar-refractivity contribution is -0.112. The molecule has 0 amide bonds. The van der Waals surface area contributed by atoms with Crippen molar-refractivity contribution in [3.63, 3.8) is 0 Å². The van der Waals surface area contributed by atoms with Gasteiger partial charge in [0, 0.05) is 6.54 Å². The number of nitrogens with zero attached hydrogens (tertiary/aromatic N) is 3. The van der Waals surface area contributed by atoms with Crippen LogP contribution in [0.3, 0.4) is 0 Å². The summed E-state index contributed by atoms with van der Waals surface area (Å²) in [7, 11) is 0. The minimum absolute atomic E-state index is 0.499. The topological polar surface area (TPSA) is 67.7 Å². The van der Waals surface area contributed by atoms with Crippen LogP contribution in [0.2, 0.25) is 0 Å². The molecule has 0 radical (unpaired) electrons. The van der Waals surface area contributed by atoms with Crippen molar-refractivity contribution < 1.29 is 14.6 Å². The lowest BCUT2D eigenvalue weighted by Gasteiger charge is -2.42. The van der Waals surface area contributed by atoms with Gasteiger partial charge >= 0.3 is 0 Å². The number of morpholine rings is 1. The molecule has 26 heavy (non-hydrogen) atoms. The Morgan fingerprint density at radius 3 is 2.54 bits per heavy atom. The van der Waals surface area contributed by atoms with Gasteiger partial charge in [-0.25, -0.2) is 9.97 Å². The molecular weight excluding hydrogens is 330 g/mol. The van der Waals surface area contributed by atoms with Crippen molar-refractivity contribution in [1.82, 2.24) is 9.97 Å². The molecule has 2 atom stereocenters. The molecule has 0 saturated carbocycles. The molecule has 0 spiro atoms. The minimum atomic E-state index is -0.612. The van der Waals surface area contributed by atoms with E-state index < -0.39 is 11.7 Å². The Morgan fingerprint density at radius 2 is 1.92 bits per heavy atom. The summed E-state index contributed by atoms with van der Waals surface area (Å²) in [4.78, 5) is 10.9. The molecule has 1 aliphatic heterocycles. The Labute approximate surface area is 154 Å². The first kappa shape index (κ1) is 18.6. The fourth-order valence-electron chi connectivity index (χ4n) is 3.10. The highest BCUT2D eigenvalue weighted by Crippen LogP contribution is 2.25. The smallest absolute Gasteiger partial charge is 0.225 e. The Morgan fingerprint density at radius 1 is 1.27 bits per heavy atom. The maximum atomic E-state index is 9.96. The predicted molar refractivity (Wildman–Crippen MR) is 101 cm³/mol. The Balaban J connectivity index is 1.65. The first-order valence-electron chi connectivity index (χ1n) is 8.96. The lowest BCUT2D eigenvalue weighted by atomic mass is 9.98. The van der Waals surface area contributed by atoms with Crippen molar-refractivity contribution in [1.29, 1.82) is 0 Å². The van der Waals surface area contributed by atoms with E-state index in [1.54, 1.807) is 19.3 Å². The van der Waals surface area contributed by atoms with Gasteiger partial charge in [0.1, 0.15) is 12.2 Å². The number of aliphatic hydroxyl groups is 1. The first-order chi connectivity index (χ1) is 12.4. The molecule has 1 aliphatic rings. The molecule has 2 aromatic rings. The van der Waals surface area contributed by atoms with Crippen molar-refractivity contribution in [3.8, 4) is 5.75 Å². The highest BCUT2D eigenvalue weighted by Gasteiger charge is 2.37. The molecule has 1 aromatic carbocycles. The van der Waals surface area contributed by atoms with Crippen LogP contribution in [0.15, 0.2) is 30.6 Å². The van der Waals surface area contributed by atoms with E-state index in [-0.39, 0.29) is 0 Å². The Bertz CT molecular complexity index is 728. The van der Waals surface area contributed by atoms with Crippen LogP contribution in [-0.2, 0) is 11.3 Å². The van der Waals surface area contributed by atoms with Gasteiger partial charge in [-0.05, 0) is 44.4 Å². The maximum Gasteiger partial charge on any atom is 0.225 e. The third kappa shape index (κ3) is 3.97. The van der Waals surface area contributed by atoms with E-state index in [1.165, 1.54) is 16.7 Å². The van der Waals surface area contributed by atoms with Crippen LogP contribution >= 0.6 is 0 Å². The molecule has 1 aromatic heterocycles. The van der Waals surface area contributed by atoms with Crippen molar-refractivity contribution in [2.75, 3.05) is 24.6 Å². The van der Waals surface area contributed by atoms with Gasteiger partial charge in [-0.3, -0.25) is 0 Å². The van der Waals surface area contributed by atoms with Gasteiger partial charge in [0.15, 0.2) is 5.75 Å². The normalized spacial score (nSPS) is 21.5. The summed E-state index contributed by atoms with van der Waals surface area (Å²) in [5, 5.41) is 9.96. The molecule has 140 valence electrons. The number of rotatable bonds is 5. The van der Waals surface area contributed by atoms with Crippen LogP contribution in [0.25, 0.3) is 0 Å². The van der Waals surface area contributed by atoms with E-state index in [0.29, 0.717) is 38.0 Å². The molecule has 6 heteroatoms. The number of hydrogen-bond donors (Lipinski definition) is 1. The number of hydrogen-bond acceptors (Lipinski definition) is 6. The summed E-state index contributed by atoms with van der Waals surface area (Å²) >= 11 is 0.